The molecular formula is C8H15NO3. The molecule has 0 aromatic heterocycles. The lowest BCUT2D eigenvalue weighted by Gasteiger charge is -2.00. The summed E-state index contributed by atoms with van der Waals surface area (Å²) >= 11 is 0. The monoisotopic (exact) mass is 173 g/mol. The third kappa shape index (κ3) is 9.13. The van der Waals surface area contributed by atoms with Crippen molar-refractivity contribution >= 4 is 5.97 Å². The Morgan fingerprint density at radius 3 is 3.00 bits per heavy atom. The van der Waals surface area contributed by atoms with Crippen LogP contribution in [0.25, 0.3) is 0 Å². The second-order valence-corrected chi connectivity index (χ2v) is 2.14. The molecule has 0 aromatic rings. The summed E-state index contributed by atoms with van der Waals surface area (Å²) in [4.78, 5) is 10.00. The largest absolute Gasteiger partial charge is 0.478 e. The van der Waals surface area contributed by atoms with Crippen molar-refractivity contribution in [2.45, 2.75) is 6.92 Å². The van der Waals surface area contributed by atoms with Gasteiger partial charge in [-0.1, -0.05) is 6.08 Å². The summed E-state index contributed by atoms with van der Waals surface area (Å²) in [5, 5.41) is 11.2. The third-order valence-electron chi connectivity index (χ3n) is 1.15. The van der Waals surface area contributed by atoms with Gasteiger partial charge in [-0.25, -0.2) is 4.79 Å². The summed E-state index contributed by atoms with van der Waals surface area (Å²) in [6, 6.07) is 0. The maximum atomic E-state index is 10.00. The van der Waals surface area contributed by atoms with E-state index >= 15 is 0 Å². The predicted octanol–water partition coefficient (Wildman–Crippen LogP) is 0.253. The molecule has 12 heavy (non-hydrogen) atoms. The molecule has 0 aliphatic rings. The first-order valence-corrected chi connectivity index (χ1v) is 3.95. The summed E-state index contributed by atoms with van der Waals surface area (Å²) in [6.45, 7) is 4.63. The lowest BCUT2D eigenvalue weighted by molar-refractivity contribution is -0.131. The van der Waals surface area contributed by atoms with Crippen molar-refractivity contribution < 1.29 is 14.6 Å². The van der Waals surface area contributed by atoms with Crippen molar-refractivity contribution in [1.29, 1.82) is 0 Å². The van der Waals surface area contributed by atoms with Crippen LogP contribution in [0.5, 0.6) is 0 Å². The Balaban J connectivity index is 3.05. The zero-order valence-electron chi connectivity index (χ0n) is 7.25. The molecule has 0 atom stereocenters. The molecule has 0 saturated heterocycles. The summed E-state index contributed by atoms with van der Waals surface area (Å²) in [5.74, 6) is -0.915. The van der Waals surface area contributed by atoms with Crippen LogP contribution >= 0.6 is 0 Å². The molecule has 4 nitrogen and oxygen atoms in total. The number of hydrogen-bond acceptors (Lipinski definition) is 3. The zero-order valence-corrected chi connectivity index (χ0v) is 7.25. The van der Waals surface area contributed by atoms with Gasteiger partial charge in [0.2, 0.25) is 0 Å². The van der Waals surface area contributed by atoms with Gasteiger partial charge in [-0.2, -0.15) is 0 Å². The van der Waals surface area contributed by atoms with E-state index in [4.69, 9.17) is 9.84 Å². The Morgan fingerprint density at radius 1 is 1.67 bits per heavy atom. The predicted molar refractivity (Wildman–Crippen MR) is 46.1 cm³/mol. The zero-order chi connectivity index (χ0) is 9.23. The van der Waals surface area contributed by atoms with Crippen molar-refractivity contribution in [3.63, 3.8) is 0 Å². The molecule has 0 spiro atoms. The van der Waals surface area contributed by atoms with Crippen molar-refractivity contribution in [3.05, 3.63) is 12.2 Å². The molecule has 2 N–H and O–H groups in total. The molecule has 4 heteroatoms. The fourth-order valence-electron chi connectivity index (χ4n) is 0.634. The second kappa shape index (κ2) is 8.23. The maximum Gasteiger partial charge on any atom is 0.328 e. The lowest BCUT2D eigenvalue weighted by atomic mass is 10.5. The lowest BCUT2D eigenvalue weighted by Crippen LogP contribution is -2.19. The highest BCUT2D eigenvalue weighted by Gasteiger charge is 1.85. The molecule has 0 heterocycles. The van der Waals surface area contributed by atoms with Crippen LogP contribution in [0.1, 0.15) is 6.92 Å². The number of rotatable bonds is 7. The minimum absolute atomic E-state index is 0.569. The van der Waals surface area contributed by atoms with Gasteiger partial charge in [-0.05, 0) is 6.92 Å². The Kier molecular flexibility index (Phi) is 7.63. The van der Waals surface area contributed by atoms with Crippen molar-refractivity contribution in [1.82, 2.24) is 5.32 Å². The fraction of sp³-hybridized carbons (Fsp3) is 0.625. The van der Waals surface area contributed by atoms with Gasteiger partial charge in [0.05, 0.1) is 6.61 Å². The summed E-state index contributed by atoms with van der Waals surface area (Å²) in [5.41, 5.74) is 0. The van der Waals surface area contributed by atoms with Gasteiger partial charge in [0.25, 0.3) is 0 Å². The first-order valence-electron chi connectivity index (χ1n) is 3.95. The van der Waals surface area contributed by atoms with Crippen molar-refractivity contribution in [2.24, 2.45) is 0 Å². The number of aliphatic carboxylic acids is 1. The highest BCUT2D eigenvalue weighted by molar-refractivity contribution is 5.79. The Labute approximate surface area is 72.2 Å². The third-order valence-corrected chi connectivity index (χ3v) is 1.15. The highest BCUT2D eigenvalue weighted by Crippen LogP contribution is 1.73. The first-order chi connectivity index (χ1) is 5.77. The minimum Gasteiger partial charge on any atom is -0.478 e. The number of carboxylic acids is 1. The molecular weight excluding hydrogens is 158 g/mol. The van der Waals surface area contributed by atoms with Crippen LogP contribution < -0.4 is 5.32 Å². The second-order valence-electron chi connectivity index (χ2n) is 2.14. The highest BCUT2D eigenvalue weighted by atomic mass is 16.5. The van der Waals surface area contributed by atoms with Gasteiger partial charge >= 0.3 is 5.97 Å². The van der Waals surface area contributed by atoms with Gasteiger partial charge in [-0.15, -0.1) is 0 Å². The van der Waals surface area contributed by atoms with Gasteiger partial charge in [-0.3, -0.25) is 0 Å². The topological polar surface area (TPSA) is 58.6 Å². The van der Waals surface area contributed by atoms with E-state index in [1.165, 1.54) is 0 Å². The maximum absolute atomic E-state index is 10.00. The number of hydrogen-bond donors (Lipinski definition) is 2. The van der Waals surface area contributed by atoms with Crippen molar-refractivity contribution in [3.8, 4) is 0 Å². The van der Waals surface area contributed by atoms with Crippen LogP contribution in [0.15, 0.2) is 12.2 Å². The molecule has 0 radical (unpaired) electrons. The Bertz CT molecular complexity index is 145. The SMILES string of the molecule is CCOCCNC/C=C/C(=O)O. The van der Waals surface area contributed by atoms with Gasteiger partial charge in [0.1, 0.15) is 0 Å². The first kappa shape index (κ1) is 11.1. The molecule has 70 valence electrons. The van der Waals surface area contributed by atoms with E-state index < -0.39 is 5.97 Å². The molecule has 0 amide bonds. The summed E-state index contributed by atoms with van der Waals surface area (Å²) < 4.78 is 5.06. The molecule has 0 fully saturated rings. The van der Waals surface area contributed by atoms with Gasteiger partial charge in [0.15, 0.2) is 0 Å². The van der Waals surface area contributed by atoms with E-state index in [9.17, 15) is 4.79 Å². The standard InChI is InChI=1S/C8H15NO3/c1-2-12-7-6-9-5-3-4-8(10)11/h3-4,9H,2,5-7H2,1H3,(H,10,11)/b4-3+. The van der Waals surface area contributed by atoms with Gasteiger partial charge < -0.3 is 15.2 Å². The van der Waals surface area contributed by atoms with E-state index in [2.05, 4.69) is 5.32 Å². The minimum atomic E-state index is -0.915. The van der Waals surface area contributed by atoms with Crippen molar-refractivity contribution in [2.75, 3.05) is 26.3 Å². The summed E-state index contributed by atoms with van der Waals surface area (Å²) in [7, 11) is 0. The average molecular weight is 173 g/mol. The normalized spacial score (nSPS) is 10.8. The Hall–Kier alpha value is -0.870. The van der Waals surface area contributed by atoms with E-state index in [1.54, 1.807) is 6.08 Å². The Morgan fingerprint density at radius 2 is 2.42 bits per heavy atom. The molecule has 0 aromatic carbocycles. The summed E-state index contributed by atoms with van der Waals surface area (Å²) in [6.07, 6.45) is 2.68. The molecule has 0 bridgehead atoms. The smallest absolute Gasteiger partial charge is 0.328 e. The molecule has 0 aliphatic heterocycles. The van der Waals surface area contributed by atoms with Crippen LogP contribution in [0.4, 0.5) is 0 Å². The number of nitrogens with one attached hydrogen (secondary N) is 1. The molecule has 0 saturated carbocycles. The average Bonchev–Trinajstić information content (AvgIpc) is 2.02. The van der Waals surface area contributed by atoms with E-state index in [0.29, 0.717) is 19.8 Å². The van der Waals surface area contributed by atoms with Crippen LogP contribution in [0, 0.1) is 0 Å². The van der Waals surface area contributed by atoms with Crippen LogP contribution in [0.2, 0.25) is 0 Å². The van der Waals surface area contributed by atoms with Crippen LogP contribution in [-0.2, 0) is 9.53 Å². The van der Waals surface area contributed by atoms with E-state index in [-0.39, 0.29) is 0 Å². The van der Waals surface area contributed by atoms with Crippen LogP contribution in [-0.4, -0.2) is 37.4 Å². The van der Waals surface area contributed by atoms with Gasteiger partial charge in [0, 0.05) is 25.8 Å². The fourth-order valence-corrected chi connectivity index (χ4v) is 0.634. The van der Waals surface area contributed by atoms with E-state index in [1.807, 2.05) is 6.92 Å². The number of carboxylic acid groups (broad SMARTS) is 1. The van der Waals surface area contributed by atoms with E-state index in [0.717, 1.165) is 12.6 Å². The number of ether oxygens (including phenoxy) is 1. The molecule has 0 unspecified atom stereocenters. The van der Waals surface area contributed by atoms with Crippen LogP contribution in [0.3, 0.4) is 0 Å². The molecule has 0 aliphatic carbocycles. The molecule has 0 rings (SSSR count). The number of carbonyl (C=O) groups is 1. The quantitative estimate of drug-likeness (QED) is 0.428.